The average Bonchev–Trinajstić information content (AvgIpc) is 2.24. The molecule has 0 aliphatic rings. The van der Waals surface area contributed by atoms with E-state index >= 15 is 0 Å². The molecule has 92 valence electrons. The third-order valence-corrected chi connectivity index (χ3v) is 2.51. The zero-order valence-electron chi connectivity index (χ0n) is 11.0. The highest BCUT2D eigenvalue weighted by Gasteiger charge is 2.07. The van der Waals surface area contributed by atoms with E-state index in [0.717, 1.165) is 28.3 Å². The van der Waals surface area contributed by atoms with Crippen molar-refractivity contribution in [3.63, 3.8) is 0 Å². The average molecular weight is 233 g/mol. The fourth-order valence-corrected chi connectivity index (χ4v) is 1.46. The van der Waals surface area contributed by atoms with Crippen molar-refractivity contribution in [1.29, 1.82) is 0 Å². The van der Waals surface area contributed by atoms with Crippen LogP contribution in [0.25, 0.3) is 0 Å². The molecule has 17 heavy (non-hydrogen) atoms. The largest absolute Gasteiger partial charge is 0.462 e. The van der Waals surface area contributed by atoms with Gasteiger partial charge in [-0.2, -0.15) is 0 Å². The minimum Gasteiger partial charge on any atom is -0.462 e. The lowest BCUT2D eigenvalue weighted by Gasteiger charge is -2.13. The van der Waals surface area contributed by atoms with E-state index in [4.69, 9.17) is 4.74 Å². The molecule has 0 aliphatic heterocycles. The zero-order valence-corrected chi connectivity index (χ0v) is 11.0. The number of nitrogens with one attached hydrogen (secondary N) is 1. The van der Waals surface area contributed by atoms with E-state index in [1.54, 1.807) is 0 Å². The molecule has 1 amide bonds. The number of carbonyl (C=O) groups excluding carboxylic acids is 1. The van der Waals surface area contributed by atoms with Gasteiger partial charge in [0.2, 0.25) is 5.91 Å². The van der Waals surface area contributed by atoms with Gasteiger partial charge in [-0.25, -0.2) is 0 Å². The van der Waals surface area contributed by atoms with E-state index in [1.807, 2.05) is 45.9 Å². The molecule has 1 aromatic rings. The topological polar surface area (TPSA) is 38.3 Å². The number of carbonyl (C=O) groups is 1. The van der Waals surface area contributed by atoms with Gasteiger partial charge in [-0.1, -0.05) is 0 Å². The van der Waals surface area contributed by atoms with Gasteiger partial charge in [0.1, 0.15) is 5.75 Å². The first kappa shape index (κ1) is 13.3. The molecule has 0 aromatic heterocycles. The molecule has 0 unspecified atom stereocenters. The first-order chi connectivity index (χ1) is 7.93. The Morgan fingerprint density at radius 2 is 1.88 bits per heavy atom. The summed E-state index contributed by atoms with van der Waals surface area (Å²) in [6.45, 7) is 9.26. The van der Waals surface area contributed by atoms with Crippen LogP contribution in [0.1, 0.15) is 31.9 Å². The molecule has 1 rings (SSSR count). The Bertz CT molecular complexity index is 462. The molecule has 0 radical (unpaired) electrons. The summed E-state index contributed by atoms with van der Waals surface area (Å²) in [5.74, 6) is 1.62. The number of hydrogen-bond donors (Lipinski definition) is 1. The van der Waals surface area contributed by atoms with Crippen molar-refractivity contribution in [2.24, 2.45) is 0 Å². The number of hydrogen-bond acceptors (Lipinski definition) is 2. The lowest BCUT2D eigenvalue weighted by Crippen LogP contribution is -2.07. The number of anilines is 1. The van der Waals surface area contributed by atoms with Crippen molar-refractivity contribution in [2.45, 2.75) is 34.6 Å². The molecule has 3 heteroatoms. The summed E-state index contributed by atoms with van der Waals surface area (Å²) < 4.78 is 5.68. The van der Waals surface area contributed by atoms with Gasteiger partial charge in [0.15, 0.2) is 0 Å². The highest BCUT2D eigenvalue weighted by Crippen LogP contribution is 2.27. The van der Waals surface area contributed by atoms with Gasteiger partial charge in [-0.05, 0) is 57.0 Å². The number of ether oxygens (including phenoxy) is 1. The van der Waals surface area contributed by atoms with Crippen LogP contribution in [-0.4, -0.2) is 5.91 Å². The maximum absolute atomic E-state index is 11.0. The van der Waals surface area contributed by atoms with Crippen LogP contribution in [0.4, 0.5) is 5.69 Å². The van der Waals surface area contributed by atoms with Crippen LogP contribution in [0, 0.1) is 13.8 Å². The van der Waals surface area contributed by atoms with E-state index < -0.39 is 0 Å². The van der Waals surface area contributed by atoms with Crippen molar-refractivity contribution >= 4 is 11.6 Å². The summed E-state index contributed by atoms with van der Waals surface area (Å²) in [6.07, 6.45) is 1.91. The standard InChI is InChI=1S/C14H19NO2/c1-6-11(4)17-14-8-9(2)13(7-10(14)3)15-12(5)16/h6-8H,1-5H3,(H,15,16). The maximum atomic E-state index is 11.0. The van der Waals surface area contributed by atoms with Crippen LogP contribution < -0.4 is 10.1 Å². The first-order valence-corrected chi connectivity index (χ1v) is 5.63. The Morgan fingerprint density at radius 1 is 1.24 bits per heavy atom. The molecule has 0 aliphatic carbocycles. The van der Waals surface area contributed by atoms with E-state index in [9.17, 15) is 4.79 Å². The van der Waals surface area contributed by atoms with Crippen molar-refractivity contribution in [2.75, 3.05) is 5.32 Å². The monoisotopic (exact) mass is 233 g/mol. The first-order valence-electron chi connectivity index (χ1n) is 5.63. The molecule has 0 heterocycles. The molecule has 1 aromatic carbocycles. The fourth-order valence-electron chi connectivity index (χ4n) is 1.46. The van der Waals surface area contributed by atoms with E-state index in [0.29, 0.717) is 0 Å². The van der Waals surface area contributed by atoms with Crippen molar-refractivity contribution in [1.82, 2.24) is 0 Å². The van der Waals surface area contributed by atoms with Crippen molar-refractivity contribution < 1.29 is 9.53 Å². The number of allylic oxidation sites excluding steroid dienone is 2. The Balaban J connectivity index is 3.05. The molecule has 1 N–H and O–H groups in total. The molecule has 3 nitrogen and oxygen atoms in total. The minimum absolute atomic E-state index is 0.0641. The number of rotatable bonds is 3. The van der Waals surface area contributed by atoms with Crippen molar-refractivity contribution in [3.05, 3.63) is 35.1 Å². The van der Waals surface area contributed by atoms with Crippen LogP contribution in [0.15, 0.2) is 24.0 Å². The SMILES string of the molecule is CC=C(C)Oc1cc(C)c(NC(C)=O)cc1C. The second-order valence-electron chi connectivity index (χ2n) is 4.12. The molecule has 0 spiro atoms. The summed E-state index contributed by atoms with van der Waals surface area (Å²) in [7, 11) is 0. The van der Waals surface area contributed by atoms with Gasteiger partial charge in [0, 0.05) is 12.6 Å². The summed E-state index contributed by atoms with van der Waals surface area (Å²) in [5, 5.41) is 2.80. The summed E-state index contributed by atoms with van der Waals surface area (Å²) in [5.41, 5.74) is 2.82. The molecule has 0 atom stereocenters. The molecule has 0 saturated carbocycles. The minimum atomic E-state index is -0.0641. The van der Waals surface area contributed by atoms with Gasteiger partial charge >= 0.3 is 0 Å². The van der Waals surface area contributed by atoms with Gasteiger partial charge in [-0.3, -0.25) is 4.79 Å². The predicted molar refractivity (Wildman–Crippen MR) is 70.3 cm³/mol. The Kier molecular flexibility index (Phi) is 4.32. The molecule has 0 bridgehead atoms. The molecule has 0 saturated heterocycles. The van der Waals surface area contributed by atoms with Crippen LogP contribution in [0.3, 0.4) is 0 Å². The summed E-state index contributed by atoms with van der Waals surface area (Å²) in [6, 6.07) is 3.86. The summed E-state index contributed by atoms with van der Waals surface area (Å²) >= 11 is 0. The Labute approximate surface area is 102 Å². The van der Waals surface area contributed by atoms with Gasteiger partial charge in [0.05, 0.1) is 5.76 Å². The highest BCUT2D eigenvalue weighted by molar-refractivity contribution is 5.89. The lowest BCUT2D eigenvalue weighted by molar-refractivity contribution is -0.114. The van der Waals surface area contributed by atoms with Gasteiger partial charge in [0.25, 0.3) is 0 Å². The number of benzene rings is 1. The molecular weight excluding hydrogens is 214 g/mol. The molecular formula is C14H19NO2. The van der Waals surface area contributed by atoms with Gasteiger partial charge in [-0.15, -0.1) is 0 Å². The van der Waals surface area contributed by atoms with E-state index in [1.165, 1.54) is 6.92 Å². The predicted octanol–water partition coefficient (Wildman–Crippen LogP) is 3.56. The molecule has 0 fully saturated rings. The summed E-state index contributed by atoms with van der Waals surface area (Å²) in [4.78, 5) is 11.0. The van der Waals surface area contributed by atoms with Crippen LogP contribution in [-0.2, 0) is 4.79 Å². The third kappa shape index (κ3) is 3.63. The quantitative estimate of drug-likeness (QED) is 0.810. The number of amides is 1. The van der Waals surface area contributed by atoms with Gasteiger partial charge < -0.3 is 10.1 Å². The zero-order chi connectivity index (χ0) is 13.0. The lowest BCUT2D eigenvalue weighted by atomic mass is 10.1. The number of aryl methyl sites for hydroxylation is 2. The highest BCUT2D eigenvalue weighted by atomic mass is 16.5. The maximum Gasteiger partial charge on any atom is 0.221 e. The smallest absolute Gasteiger partial charge is 0.221 e. The van der Waals surface area contributed by atoms with Crippen LogP contribution in [0.5, 0.6) is 5.75 Å². The van der Waals surface area contributed by atoms with E-state index in [-0.39, 0.29) is 5.91 Å². The second kappa shape index (κ2) is 5.53. The fraction of sp³-hybridized carbons (Fsp3) is 0.357. The van der Waals surface area contributed by atoms with E-state index in [2.05, 4.69) is 5.32 Å². The normalized spacial score (nSPS) is 11.2. The van der Waals surface area contributed by atoms with Crippen LogP contribution >= 0.6 is 0 Å². The third-order valence-electron chi connectivity index (χ3n) is 2.51. The van der Waals surface area contributed by atoms with Crippen LogP contribution in [0.2, 0.25) is 0 Å². The Morgan fingerprint density at radius 3 is 2.41 bits per heavy atom. The van der Waals surface area contributed by atoms with Crippen molar-refractivity contribution in [3.8, 4) is 5.75 Å². The second-order valence-corrected chi connectivity index (χ2v) is 4.12. The Hall–Kier alpha value is -1.77.